The molecule has 1 aromatic heterocycles. The van der Waals surface area contributed by atoms with Gasteiger partial charge in [-0.05, 0) is 20.3 Å². The number of unbranched alkanes of at least 4 members (excludes halogenated alkanes) is 1. The van der Waals surface area contributed by atoms with Gasteiger partial charge in [0.05, 0.1) is 0 Å². The Labute approximate surface area is 119 Å². The molecule has 1 rings (SSSR count). The van der Waals surface area contributed by atoms with Crippen LogP contribution in [-0.4, -0.2) is 32.6 Å². The standard InChI is InChI=1S/C12H21N3O4S/c1-4-5-6-11(16)13-7-8-14-20(17,18)12-9(2)15-19-10(12)3/h14H,4-8H2,1-3H3,(H,13,16). The third-order valence-electron chi connectivity index (χ3n) is 2.73. The van der Waals surface area contributed by atoms with Crippen molar-refractivity contribution in [2.75, 3.05) is 13.1 Å². The molecule has 1 aromatic rings. The number of carbonyl (C=O) groups is 1. The third kappa shape index (κ3) is 4.61. The van der Waals surface area contributed by atoms with Crippen LogP contribution >= 0.6 is 0 Å². The summed E-state index contributed by atoms with van der Waals surface area (Å²) < 4.78 is 31.3. The second-order valence-electron chi connectivity index (χ2n) is 4.50. The fraction of sp³-hybridized carbons (Fsp3) is 0.667. The highest BCUT2D eigenvalue weighted by molar-refractivity contribution is 7.89. The molecule has 0 fully saturated rings. The first-order valence-corrected chi connectivity index (χ1v) is 8.06. The van der Waals surface area contributed by atoms with Crippen LogP contribution in [0.15, 0.2) is 9.42 Å². The minimum Gasteiger partial charge on any atom is -0.360 e. The van der Waals surface area contributed by atoms with Crippen LogP contribution in [0.4, 0.5) is 0 Å². The molecule has 2 N–H and O–H groups in total. The monoisotopic (exact) mass is 303 g/mol. The molecule has 0 spiro atoms. The van der Waals surface area contributed by atoms with Gasteiger partial charge in [-0.15, -0.1) is 0 Å². The molecule has 0 aliphatic carbocycles. The largest absolute Gasteiger partial charge is 0.360 e. The predicted octanol–water partition coefficient (Wildman–Crippen LogP) is 0.876. The number of aromatic nitrogens is 1. The van der Waals surface area contributed by atoms with Crippen LogP contribution in [0, 0.1) is 13.8 Å². The fourth-order valence-electron chi connectivity index (χ4n) is 1.74. The quantitative estimate of drug-likeness (QED) is 0.694. The van der Waals surface area contributed by atoms with Gasteiger partial charge < -0.3 is 9.84 Å². The molecule has 0 radical (unpaired) electrons. The summed E-state index contributed by atoms with van der Waals surface area (Å²) >= 11 is 0. The number of nitrogens with one attached hydrogen (secondary N) is 2. The molecule has 114 valence electrons. The molecule has 0 saturated carbocycles. The lowest BCUT2D eigenvalue weighted by atomic mass is 10.2. The molecule has 0 unspecified atom stereocenters. The van der Waals surface area contributed by atoms with Gasteiger partial charge in [0.2, 0.25) is 15.9 Å². The molecule has 1 amide bonds. The number of carbonyl (C=O) groups excluding carboxylic acids is 1. The van der Waals surface area contributed by atoms with Gasteiger partial charge in [-0.3, -0.25) is 4.79 Å². The number of sulfonamides is 1. The number of aryl methyl sites for hydroxylation is 2. The summed E-state index contributed by atoms with van der Waals surface area (Å²) in [5, 5.41) is 6.27. The van der Waals surface area contributed by atoms with Gasteiger partial charge in [-0.1, -0.05) is 18.5 Å². The molecular formula is C12H21N3O4S. The minimum absolute atomic E-state index is 0.0646. The van der Waals surface area contributed by atoms with Crippen molar-refractivity contribution in [1.29, 1.82) is 0 Å². The second kappa shape index (κ2) is 7.39. The SMILES string of the molecule is CCCCC(=O)NCCNS(=O)(=O)c1c(C)noc1C. The van der Waals surface area contributed by atoms with Gasteiger partial charge in [0.25, 0.3) is 0 Å². The van der Waals surface area contributed by atoms with E-state index in [1.165, 1.54) is 0 Å². The van der Waals surface area contributed by atoms with Gasteiger partial charge in [0.1, 0.15) is 10.6 Å². The van der Waals surface area contributed by atoms with Crippen LogP contribution in [-0.2, 0) is 14.8 Å². The Morgan fingerprint density at radius 2 is 2.00 bits per heavy atom. The number of rotatable bonds is 8. The molecule has 0 saturated heterocycles. The lowest BCUT2D eigenvalue weighted by molar-refractivity contribution is -0.121. The van der Waals surface area contributed by atoms with Crippen molar-refractivity contribution >= 4 is 15.9 Å². The first-order chi connectivity index (χ1) is 9.38. The van der Waals surface area contributed by atoms with Crippen molar-refractivity contribution < 1.29 is 17.7 Å². The average Bonchev–Trinajstić information content (AvgIpc) is 2.72. The third-order valence-corrected chi connectivity index (χ3v) is 4.44. The van der Waals surface area contributed by atoms with Crippen molar-refractivity contribution in [2.24, 2.45) is 0 Å². The van der Waals surface area contributed by atoms with Gasteiger partial charge in [-0.25, -0.2) is 13.1 Å². The zero-order chi connectivity index (χ0) is 15.2. The maximum absolute atomic E-state index is 12.0. The Morgan fingerprint density at radius 1 is 1.30 bits per heavy atom. The fourth-order valence-corrected chi connectivity index (χ4v) is 3.10. The molecule has 0 aliphatic rings. The van der Waals surface area contributed by atoms with Crippen LogP contribution in [0.1, 0.15) is 37.6 Å². The molecule has 20 heavy (non-hydrogen) atoms. The average molecular weight is 303 g/mol. The summed E-state index contributed by atoms with van der Waals surface area (Å²) in [5.74, 6) is 0.186. The molecule has 0 aliphatic heterocycles. The molecule has 0 bridgehead atoms. The lowest BCUT2D eigenvalue weighted by Gasteiger charge is -2.07. The highest BCUT2D eigenvalue weighted by Gasteiger charge is 2.23. The first-order valence-electron chi connectivity index (χ1n) is 6.57. The van der Waals surface area contributed by atoms with E-state index in [1.807, 2.05) is 6.92 Å². The van der Waals surface area contributed by atoms with Crippen molar-refractivity contribution in [2.45, 2.75) is 44.9 Å². The van der Waals surface area contributed by atoms with Crippen molar-refractivity contribution in [3.05, 3.63) is 11.5 Å². The van der Waals surface area contributed by atoms with Crippen LogP contribution in [0.25, 0.3) is 0 Å². The number of hydrogen-bond acceptors (Lipinski definition) is 5. The highest BCUT2D eigenvalue weighted by Crippen LogP contribution is 2.17. The first kappa shape index (κ1) is 16.6. The summed E-state index contributed by atoms with van der Waals surface area (Å²) in [6.45, 7) is 5.50. The Bertz CT molecular complexity index is 532. The second-order valence-corrected chi connectivity index (χ2v) is 6.21. The van der Waals surface area contributed by atoms with Gasteiger partial charge >= 0.3 is 0 Å². The summed E-state index contributed by atoms with van der Waals surface area (Å²) in [4.78, 5) is 11.4. The van der Waals surface area contributed by atoms with Crippen LogP contribution < -0.4 is 10.0 Å². The summed E-state index contributed by atoms with van der Waals surface area (Å²) in [7, 11) is -3.65. The number of hydrogen-bond donors (Lipinski definition) is 2. The van der Waals surface area contributed by atoms with E-state index < -0.39 is 10.0 Å². The molecule has 8 heteroatoms. The Kier molecular flexibility index (Phi) is 6.15. The predicted molar refractivity (Wildman–Crippen MR) is 73.7 cm³/mol. The van der Waals surface area contributed by atoms with E-state index in [4.69, 9.17) is 4.52 Å². The van der Waals surface area contributed by atoms with E-state index in [-0.39, 0.29) is 29.7 Å². The van der Waals surface area contributed by atoms with Crippen LogP contribution in [0.3, 0.4) is 0 Å². The van der Waals surface area contributed by atoms with E-state index in [1.54, 1.807) is 13.8 Å². The summed E-state index contributed by atoms with van der Waals surface area (Å²) in [6.07, 6.45) is 2.25. The van der Waals surface area contributed by atoms with E-state index in [9.17, 15) is 13.2 Å². The summed E-state index contributed by atoms with van der Waals surface area (Å²) in [6, 6.07) is 0. The van der Waals surface area contributed by atoms with Crippen molar-refractivity contribution in [1.82, 2.24) is 15.2 Å². The topological polar surface area (TPSA) is 101 Å². The Morgan fingerprint density at radius 3 is 2.55 bits per heavy atom. The van der Waals surface area contributed by atoms with Gasteiger partial charge in [0.15, 0.2) is 5.76 Å². The maximum atomic E-state index is 12.0. The molecule has 0 aromatic carbocycles. The Hall–Kier alpha value is -1.41. The molecule has 0 atom stereocenters. The van der Waals surface area contributed by atoms with E-state index >= 15 is 0 Å². The zero-order valence-corrected chi connectivity index (χ0v) is 12.8. The smallest absolute Gasteiger partial charge is 0.246 e. The molecular weight excluding hydrogens is 282 g/mol. The lowest BCUT2D eigenvalue weighted by Crippen LogP contribution is -2.34. The maximum Gasteiger partial charge on any atom is 0.246 e. The molecule has 7 nitrogen and oxygen atoms in total. The van der Waals surface area contributed by atoms with Crippen LogP contribution in [0.2, 0.25) is 0 Å². The summed E-state index contributed by atoms with van der Waals surface area (Å²) in [5.41, 5.74) is 0.321. The Balaban J connectivity index is 2.44. The number of nitrogens with zero attached hydrogens (tertiary/aromatic N) is 1. The van der Waals surface area contributed by atoms with Crippen LogP contribution in [0.5, 0.6) is 0 Å². The normalized spacial score (nSPS) is 11.6. The number of amides is 1. The van der Waals surface area contributed by atoms with E-state index in [0.717, 1.165) is 12.8 Å². The van der Waals surface area contributed by atoms with Gasteiger partial charge in [0, 0.05) is 19.5 Å². The van der Waals surface area contributed by atoms with Crippen molar-refractivity contribution in [3.8, 4) is 0 Å². The van der Waals surface area contributed by atoms with Gasteiger partial charge in [-0.2, -0.15) is 0 Å². The van der Waals surface area contributed by atoms with Crippen molar-refractivity contribution in [3.63, 3.8) is 0 Å². The zero-order valence-electron chi connectivity index (χ0n) is 12.0. The van der Waals surface area contributed by atoms with E-state index in [2.05, 4.69) is 15.2 Å². The molecule has 1 heterocycles. The highest BCUT2D eigenvalue weighted by atomic mass is 32.2. The van der Waals surface area contributed by atoms with E-state index in [0.29, 0.717) is 12.1 Å². The minimum atomic E-state index is -3.65.